The van der Waals surface area contributed by atoms with Crippen LogP contribution in [0.5, 0.6) is 0 Å². The van der Waals surface area contributed by atoms with Gasteiger partial charge in [-0.2, -0.15) is 0 Å². The molecular weight excluding hydrogens is 416 g/mol. The number of hydrogen-bond donors (Lipinski definition) is 3. The second-order valence-electron chi connectivity index (χ2n) is 9.70. The Bertz CT molecular complexity index is 619. The van der Waals surface area contributed by atoms with E-state index in [1.165, 1.54) is 6.42 Å². The number of nitrogens with one attached hydrogen (secondary N) is 3. The molecule has 31 heavy (non-hydrogen) atoms. The highest BCUT2D eigenvalue weighted by atomic mass is 32.2. The molecule has 6 aliphatic heterocycles. The molecule has 7 unspecified atom stereocenters. The minimum atomic E-state index is -0.329. The van der Waals surface area contributed by atoms with Crippen LogP contribution in [0.2, 0.25) is 0 Å². The molecule has 6 saturated heterocycles. The summed E-state index contributed by atoms with van der Waals surface area (Å²) < 4.78 is 26.0. The Labute approximate surface area is 189 Å². The molecule has 6 rings (SSSR count). The average Bonchev–Trinajstić information content (AvgIpc) is 3.56. The summed E-state index contributed by atoms with van der Waals surface area (Å²) in [6.07, 6.45) is 6.98. The van der Waals surface area contributed by atoms with Crippen molar-refractivity contribution >= 4 is 11.8 Å². The summed E-state index contributed by atoms with van der Waals surface area (Å²) in [4.78, 5) is 2.63. The first kappa shape index (κ1) is 21.6. The average molecular weight is 455 g/mol. The van der Waals surface area contributed by atoms with Gasteiger partial charge in [-0.1, -0.05) is 0 Å². The molecule has 0 bridgehead atoms. The first-order chi connectivity index (χ1) is 15.4. The van der Waals surface area contributed by atoms with Crippen molar-refractivity contribution in [3.63, 3.8) is 0 Å². The molecule has 0 aromatic rings. The minimum Gasteiger partial charge on any atom is -0.376 e. The van der Waals surface area contributed by atoms with Crippen LogP contribution in [-0.2, 0) is 18.9 Å². The summed E-state index contributed by atoms with van der Waals surface area (Å²) in [5.41, 5.74) is -0.653. The monoisotopic (exact) mass is 454 g/mol. The summed E-state index contributed by atoms with van der Waals surface area (Å²) in [5.74, 6) is 1.12. The smallest absolute Gasteiger partial charge is 0.166 e. The lowest BCUT2D eigenvalue weighted by atomic mass is 9.60. The molecule has 3 N–H and O–H groups in total. The Morgan fingerprint density at radius 2 is 1.55 bits per heavy atom. The number of rotatable bonds is 5. The second kappa shape index (κ2) is 9.00. The van der Waals surface area contributed by atoms with Crippen LogP contribution >= 0.6 is 11.8 Å². The zero-order chi connectivity index (χ0) is 20.7. The van der Waals surface area contributed by atoms with E-state index < -0.39 is 0 Å². The van der Waals surface area contributed by atoms with Gasteiger partial charge in [-0.3, -0.25) is 10.2 Å². The molecule has 0 spiro atoms. The van der Waals surface area contributed by atoms with Crippen molar-refractivity contribution in [2.75, 3.05) is 58.4 Å². The summed E-state index contributed by atoms with van der Waals surface area (Å²) in [5, 5.41) is 11.9. The molecule has 6 heterocycles. The zero-order valence-corrected chi connectivity index (χ0v) is 19.3. The highest BCUT2D eigenvalue weighted by Crippen LogP contribution is 2.54. The van der Waals surface area contributed by atoms with Gasteiger partial charge < -0.3 is 29.6 Å². The van der Waals surface area contributed by atoms with E-state index in [-0.39, 0.29) is 41.1 Å². The van der Waals surface area contributed by atoms with Crippen molar-refractivity contribution in [3.8, 4) is 0 Å². The minimum absolute atomic E-state index is 0.0866. The number of piperazine rings is 1. The molecule has 9 heteroatoms. The predicted molar refractivity (Wildman–Crippen MR) is 119 cm³/mol. The molecule has 0 radical (unpaired) electrons. The third-order valence-electron chi connectivity index (χ3n) is 8.32. The van der Waals surface area contributed by atoms with Gasteiger partial charge in [0.15, 0.2) is 6.35 Å². The quantitative estimate of drug-likeness (QED) is 0.550. The van der Waals surface area contributed by atoms with E-state index in [1.807, 2.05) is 11.8 Å². The van der Waals surface area contributed by atoms with E-state index in [1.54, 1.807) is 0 Å². The molecule has 0 aromatic heterocycles. The van der Waals surface area contributed by atoms with Crippen molar-refractivity contribution in [2.24, 2.45) is 0 Å². The summed E-state index contributed by atoms with van der Waals surface area (Å²) >= 11 is 2.05. The fourth-order valence-electron chi connectivity index (χ4n) is 7.14. The van der Waals surface area contributed by atoms with Crippen LogP contribution in [0.25, 0.3) is 0 Å². The molecule has 0 aliphatic carbocycles. The molecule has 0 amide bonds. The van der Waals surface area contributed by atoms with E-state index in [9.17, 15) is 0 Å². The maximum atomic E-state index is 6.73. The maximum Gasteiger partial charge on any atom is 0.166 e. The van der Waals surface area contributed by atoms with Gasteiger partial charge in [0.1, 0.15) is 0 Å². The lowest BCUT2D eigenvalue weighted by Crippen LogP contribution is -2.91. The van der Waals surface area contributed by atoms with Crippen LogP contribution in [0.1, 0.15) is 38.5 Å². The van der Waals surface area contributed by atoms with E-state index >= 15 is 0 Å². The van der Waals surface area contributed by atoms with Gasteiger partial charge in [0, 0.05) is 51.8 Å². The van der Waals surface area contributed by atoms with Crippen LogP contribution in [-0.4, -0.2) is 104 Å². The first-order valence-electron chi connectivity index (χ1n) is 12.4. The third-order valence-corrected chi connectivity index (χ3v) is 9.62. The van der Waals surface area contributed by atoms with Crippen LogP contribution in [0.3, 0.4) is 0 Å². The van der Waals surface area contributed by atoms with Crippen molar-refractivity contribution < 1.29 is 18.9 Å². The lowest BCUT2D eigenvalue weighted by Gasteiger charge is -2.69. The fraction of sp³-hybridized carbons (Fsp3) is 1.00. The van der Waals surface area contributed by atoms with Gasteiger partial charge in [0.05, 0.1) is 41.4 Å². The Hall–Kier alpha value is 0.0300. The number of thioether (sulfide) groups is 1. The molecule has 0 saturated carbocycles. The lowest BCUT2D eigenvalue weighted by molar-refractivity contribution is -0.264. The van der Waals surface area contributed by atoms with Gasteiger partial charge in [0.2, 0.25) is 0 Å². The standard InChI is InChI=1S/C22H38N4O4S/c1-2-11-28-18(4-1)22(19-23-9-15-31-19)21(17-6-13-29-17,16-5-3-12-27-16)25-7-10-26(22)20-24-8-14-30-20/h16-20,23-25H,1-15H2. The largest absolute Gasteiger partial charge is 0.376 e. The Morgan fingerprint density at radius 3 is 2.19 bits per heavy atom. The first-order valence-corrected chi connectivity index (χ1v) is 13.5. The van der Waals surface area contributed by atoms with Gasteiger partial charge >= 0.3 is 0 Å². The van der Waals surface area contributed by atoms with Crippen molar-refractivity contribution in [2.45, 2.75) is 79.6 Å². The summed E-state index contributed by atoms with van der Waals surface area (Å²) in [7, 11) is 0. The molecule has 0 aromatic carbocycles. The van der Waals surface area contributed by atoms with Gasteiger partial charge in [-0.15, -0.1) is 11.8 Å². The van der Waals surface area contributed by atoms with E-state index in [2.05, 4.69) is 20.9 Å². The Balaban J connectivity index is 1.54. The zero-order valence-electron chi connectivity index (χ0n) is 18.5. The molecule has 176 valence electrons. The summed E-state index contributed by atoms with van der Waals surface area (Å²) in [6.45, 7) is 7.04. The van der Waals surface area contributed by atoms with Crippen molar-refractivity contribution in [1.29, 1.82) is 0 Å². The second-order valence-corrected chi connectivity index (χ2v) is 10.9. The van der Waals surface area contributed by atoms with E-state index in [4.69, 9.17) is 18.9 Å². The Kier molecular flexibility index (Phi) is 6.26. The van der Waals surface area contributed by atoms with E-state index in [0.717, 1.165) is 90.5 Å². The third kappa shape index (κ3) is 3.26. The van der Waals surface area contributed by atoms with Gasteiger partial charge in [-0.05, 0) is 38.5 Å². The van der Waals surface area contributed by atoms with Crippen LogP contribution in [0.15, 0.2) is 0 Å². The molecule has 6 fully saturated rings. The fourth-order valence-corrected chi connectivity index (χ4v) is 8.58. The number of nitrogens with zero attached hydrogens (tertiary/aromatic N) is 1. The van der Waals surface area contributed by atoms with Crippen LogP contribution < -0.4 is 16.0 Å². The maximum absolute atomic E-state index is 6.73. The van der Waals surface area contributed by atoms with Crippen LogP contribution in [0.4, 0.5) is 0 Å². The SMILES string of the molecule is C1CCC(C2(C3NCCS3)N(C3NCCO3)CCNC2(C2CCCO2)C2CCO2)OC1. The summed E-state index contributed by atoms with van der Waals surface area (Å²) in [6, 6.07) is 0. The van der Waals surface area contributed by atoms with Crippen LogP contribution in [0, 0.1) is 0 Å². The normalized spacial score (nSPS) is 49.4. The topological polar surface area (TPSA) is 76.3 Å². The molecule has 7 atom stereocenters. The van der Waals surface area contributed by atoms with Gasteiger partial charge in [0.25, 0.3) is 0 Å². The molecular formula is C22H38N4O4S. The molecule has 6 aliphatic rings. The van der Waals surface area contributed by atoms with Crippen molar-refractivity contribution in [3.05, 3.63) is 0 Å². The number of ether oxygens (including phenoxy) is 4. The van der Waals surface area contributed by atoms with Gasteiger partial charge in [-0.25, -0.2) is 0 Å². The highest BCUT2D eigenvalue weighted by molar-refractivity contribution is 8.00. The molecule has 8 nitrogen and oxygen atoms in total. The number of hydrogen-bond acceptors (Lipinski definition) is 9. The van der Waals surface area contributed by atoms with Crippen molar-refractivity contribution in [1.82, 2.24) is 20.9 Å². The highest BCUT2D eigenvalue weighted by Gasteiger charge is 2.73. The predicted octanol–water partition coefficient (Wildman–Crippen LogP) is 0.472. The Morgan fingerprint density at radius 1 is 0.742 bits per heavy atom. The van der Waals surface area contributed by atoms with E-state index in [0.29, 0.717) is 0 Å².